The number of imidazole rings is 1. The van der Waals surface area contributed by atoms with E-state index in [1.165, 1.54) is 0 Å². The van der Waals surface area contributed by atoms with Crippen molar-refractivity contribution in [1.82, 2.24) is 9.55 Å². The van der Waals surface area contributed by atoms with Gasteiger partial charge in [-0.05, 0) is 24.3 Å². The van der Waals surface area contributed by atoms with Gasteiger partial charge < -0.3 is 19.5 Å². The normalized spacial score (nSPS) is 14.5. The molecule has 1 aliphatic rings. The lowest BCUT2D eigenvalue weighted by Gasteiger charge is -2.30. The van der Waals surface area contributed by atoms with Crippen LogP contribution in [0.3, 0.4) is 0 Å². The fourth-order valence-electron chi connectivity index (χ4n) is 3.56. The summed E-state index contributed by atoms with van der Waals surface area (Å²) < 4.78 is 7.44. The van der Waals surface area contributed by atoms with Gasteiger partial charge in [-0.2, -0.15) is 0 Å². The summed E-state index contributed by atoms with van der Waals surface area (Å²) in [5.74, 6) is 0.876. The van der Waals surface area contributed by atoms with Gasteiger partial charge in [-0.15, -0.1) is 0 Å². The summed E-state index contributed by atoms with van der Waals surface area (Å²) in [6, 6.07) is 15.9. The first-order valence-corrected chi connectivity index (χ1v) is 9.42. The maximum absolute atomic E-state index is 12.8. The summed E-state index contributed by atoms with van der Waals surface area (Å²) in [6.45, 7) is 5.40. The molecule has 1 amide bonds. The number of nitrogens with zero attached hydrogens (tertiary/aromatic N) is 3. The topological polar surface area (TPSA) is 59.4 Å². The number of hydrogen-bond donors (Lipinski definition) is 1. The summed E-state index contributed by atoms with van der Waals surface area (Å²) in [5, 5.41) is 3.09. The standard InChI is InChI=1S/C21H24N4O2/c1-2-20-22-17-8-4-6-10-19(17)25(20)15-21(26)23-16-7-3-5-9-18(16)24-11-13-27-14-12-24/h3-10H,2,11-15H2,1H3,(H,23,26). The molecule has 6 heteroatoms. The monoisotopic (exact) mass is 364 g/mol. The van der Waals surface area contributed by atoms with Gasteiger partial charge in [0.2, 0.25) is 5.91 Å². The molecular formula is C21H24N4O2. The average Bonchev–Trinajstić information content (AvgIpc) is 3.06. The molecule has 3 aromatic rings. The highest BCUT2D eigenvalue weighted by molar-refractivity contribution is 5.95. The second kappa shape index (κ2) is 7.80. The third-order valence-corrected chi connectivity index (χ3v) is 4.88. The molecule has 0 unspecified atom stereocenters. The number of carbonyl (C=O) groups is 1. The van der Waals surface area contributed by atoms with Crippen molar-refractivity contribution in [3.05, 3.63) is 54.4 Å². The van der Waals surface area contributed by atoms with E-state index in [1.54, 1.807) is 0 Å². The van der Waals surface area contributed by atoms with Gasteiger partial charge in [-0.1, -0.05) is 31.2 Å². The fourth-order valence-corrected chi connectivity index (χ4v) is 3.56. The molecule has 6 nitrogen and oxygen atoms in total. The molecule has 0 spiro atoms. The van der Waals surface area contributed by atoms with Crippen molar-refractivity contribution in [2.45, 2.75) is 19.9 Å². The van der Waals surface area contributed by atoms with E-state index < -0.39 is 0 Å². The Morgan fingerprint density at radius 1 is 1.11 bits per heavy atom. The minimum absolute atomic E-state index is 0.0476. The number of rotatable bonds is 5. The van der Waals surface area contributed by atoms with Gasteiger partial charge >= 0.3 is 0 Å². The highest BCUT2D eigenvalue weighted by atomic mass is 16.5. The molecule has 1 aromatic heterocycles. The maximum Gasteiger partial charge on any atom is 0.244 e. The van der Waals surface area contributed by atoms with Crippen LogP contribution in [-0.4, -0.2) is 41.8 Å². The molecule has 0 atom stereocenters. The van der Waals surface area contributed by atoms with E-state index in [0.717, 1.165) is 47.7 Å². The predicted octanol–water partition coefficient (Wildman–Crippen LogP) is 3.07. The van der Waals surface area contributed by atoms with Crippen molar-refractivity contribution in [1.29, 1.82) is 0 Å². The number of carbonyl (C=O) groups excluding carboxylic acids is 1. The molecule has 2 heterocycles. The lowest BCUT2D eigenvalue weighted by atomic mass is 10.2. The van der Waals surface area contributed by atoms with E-state index in [-0.39, 0.29) is 12.5 Å². The van der Waals surface area contributed by atoms with Gasteiger partial charge in [0.1, 0.15) is 12.4 Å². The van der Waals surface area contributed by atoms with Crippen molar-refractivity contribution in [2.75, 3.05) is 36.5 Å². The quantitative estimate of drug-likeness (QED) is 0.756. The Balaban J connectivity index is 1.56. The number of aromatic nitrogens is 2. The molecule has 1 saturated heterocycles. The van der Waals surface area contributed by atoms with Crippen LogP contribution in [-0.2, 0) is 22.5 Å². The number of anilines is 2. The first-order chi connectivity index (χ1) is 13.3. The summed E-state index contributed by atoms with van der Waals surface area (Å²) in [6.07, 6.45) is 0.784. The third kappa shape index (κ3) is 3.66. The molecule has 1 N–H and O–H groups in total. The van der Waals surface area contributed by atoms with Crippen molar-refractivity contribution in [2.24, 2.45) is 0 Å². The number of nitrogens with one attached hydrogen (secondary N) is 1. The van der Waals surface area contributed by atoms with Gasteiger partial charge in [0.15, 0.2) is 0 Å². The SMILES string of the molecule is CCc1nc2ccccc2n1CC(=O)Nc1ccccc1N1CCOCC1. The molecule has 1 aliphatic heterocycles. The van der Waals surface area contributed by atoms with Crippen LogP contribution in [0.5, 0.6) is 0 Å². The number of fused-ring (bicyclic) bond motifs is 1. The molecule has 0 saturated carbocycles. The Hall–Kier alpha value is -2.86. The van der Waals surface area contributed by atoms with E-state index in [2.05, 4.69) is 22.1 Å². The Morgan fingerprint density at radius 3 is 2.67 bits per heavy atom. The first-order valence-electron chi connectivity index (χ1n) is 9.42. The van der Waals surface area contributed by atoms with Gasteiger partial charge in [-0.3, -0.25) is 4.79 Å². The van der Waals surface area contributed by atoms with E-state index >= 15 is 0 Å². The summed E-state index contributed by atoms with van der Waals surface area (Å²) in [5.41, 5.74) is 3.80. The molecule has 1 fully saturated rings. The molecule has 140 valence electrons. The highest BCUT2D eigenvalue weighted by Gasteiger charge is 2.17. The third-order valence-electron chi connectivity index (χ3n) is 4.88. The lowest BCUT2D eigenvalue weighted by molar-refractivity contribution is -0.116. The molecule has 0 bridgehead atoms. The van der Waals surface area contributed by atoms with Crippen molar-refractivity contribution in [3.8, 4) is 0 Å². The zero-order valence-corrected chi connectivity index (χ0v) is 15.5. The fraction of sp³-hybridized carbons (Fsp3) is 0.333. The number of ether oxygens (including phenoxy) is 1. The minimum Gasteiger partial charge on any atom is -0.378 e. The Labute approximate surface area is 158 Å². The number of morpholine rings is 1. The summed E-state index contributed by atoms with van der Waals surface area (Å²) in [4.78, 5) is 19.7. The van der Waals surface area contributed by atoms with E-state index in [0.29, 0.717) is 13.2 Å². The van der Waals surface area contributed by atoms with Crippen LogP contribution >= 0.6 is 0 Å². The van der Waals surface area contributed by atoms with E-state index in [4.69, 9.17) is 4.74 Å². The molecule has 0 aliphatic carbocycles. The minimum atomic E-state index is -0.0476. The summed E-state index contributed by atoms with van der Waals surface area (Å²) in [7, 11) is 0. The number of hydrogen-bond acceptors (Lipinski definition) is 4. The van der Waals surface area contributed by atoms with Gasteiger partial charge in [0.25, 0.3) is 0 Å². The second-order valence-electron chi connectivity index (χ2n) is 6.62. The van der Waals surface area contributed by atoms with Crippen LogP contribution < -0.4 is 10.2 Å². The molecular weight excluding hydrogens is 340 g/mol. The Kier molecular flexibility index (Phi) is 5.07. The van der Waals surface area contributed by atoms with Crippen molar-refractivity contribution >= 4 is 28.3 Å². The summed E-state index contributed by atoms with van der Waals surface area (Å²) >= 11 is 0. The molecule has 0 radical (unpaired) electrons. The zero-order valence-electron chi connectivity index (χ0n) is 15.5. The van der Waals surface area contributed by atoms with Crippen molar-refractivity contribution in [3.63, 3.8) is 0 Å². The van der Waals surface area contributed by atoms with E-state index in [1.807, 2.05) is 53.1 Å². The van der Waals surface area contributed by atoms with Crippen LogP contribution in [0.2, 0.25) is 0 Å². The number of amides is 1. The number of benzene rings is 2. The van der Waals surface area contributed by atoms with Gasteiger partial charge in [0, 0.05) is 19.5 Å². The zero-order chi connectivity index (χ0) is 18.6. The van der Waals surface area contributed by atoms with Crippen LogP contribution in [0, 0.1) is 0 Å². The predicted molar refractivity (Wildman–Crippen MR) is 107 cm³/mol. The molecule has 4 rings (SSSR count). The first kappa shape index (κ1) is 17.5. The highest BCUT2D eigenvalue weighted by Crippen LogP contribution is 2.26. The Morgan fingerprint density at radius 2 is 1.85 bits per heavy atom. The second-order valence-corrected chi connectivity index (χ2v) is 6.62. The maximum atomic E-state index is 12.8. The van der Waals surface area contributed by atoms with Crippen LogP contribution in [0.4, 0.5) is 11.4 Å². The van der Waals surface area contributed by atoms with Gasteiger partial charge in [0.05, 0.1) is 35.6 Å². The van der Waals surface area contributed by atoms with E-state index in [9.17, 15) is 4.79 Å². The molecule has 2 aromatic carbocycles. The van der Waals surface area contributed by atoms with Gasteiger partial charge in [-0.25, -0.2) is 4.98 Å². The largest absolute Gasteiger partial charge is 0.378 e. The van der Waals surface area contributed by atoms with Crippen LogP contribution in [0.1, 0.15) is 12.7 Å². The average molecular weight is 364 g/mol. The number of aryl methyl sites for hydroxylation is 1. The Bertz CT molecular complexity index is 944. The van der Waals surface area contributed by atoms with Crippen LogP contribution in [0.15, 0.2) is 48.5 Å². The smallest absolute Gasteiger partial charge is 0.244 e. The lowest BCUT2D eigenvalue weighted by Crippen LogP contribution is -2.36. The molecule has 27 heavy (non-hydrogen) atoms. The van der Waals surface area contributed by atoms with Crippen molar-refractivity contribution < 1.29 is 9.53 Å². The van der Waals surface area contributed by atoms with Crippen LogP contribution in [0.25, 0.3) is 11.0 Å². The number of para-hydroxylation sites is 4.